The van der Waals surface area contributed by atoms with Crippen molar-refractivity contribution in [3.63, 3.8) is 0 Å². The number of rotatable bonds is 5. The van der Waals surface area contributed by atoms with Crippen LogP contribution >= 0.6 is 11.6 Å². The van der Waals surface area contributed by atoms with Crippen LogP contribution in [0.4, 0.5) is 17.1 Å². The molecule has 1 aliphatic heterocycles. The van der Waals surface area contributed by atoms with Crippen LogP contribution in [0.3, 0.4) is 0 Å². The van der Waals surface area contributed by atoms with Crippen molar-refractivity contribution >= 4 is 46.4 Å². The number of hydrogen-bond donors (Lipinski definition) is 0. The molecule has 3 aromatic rings. The van der Waals surface area contributed by atoms with Gasteiger partial charge in [-0.05, 0) is 55.0 Å². The Morgan fingerprint density at radius 2 is 1.80 bits per heavy atom. The molecule has 1 amide bonds. The van der Waals surface area contributed by atoms with E-state index in [0.29, 0.717) is 27.6 Å². The quantitative estimate of drug-likeness (QED) is 0.271. The van der Waals surface area contributed by atoms with Gasteiger partial charge in [-0.3, -0.25) is 24.6 Å². The Bertz CT molecular complexity index is 1320. The molecule has 1 heterocycles. The average Bonchev–Trinajstić information content (AvgIpc) is 2.88. The number of benzene rings is 3. The molecule has 0 bridgehead atoms. The van der Waals surface area contributed by atoms with Crippen molar-refractivity contribution in [3.05, 3.63) is 93.0 Å². The van der Waals surface area contributed by atoms with E-state index in [1.54, 1.807) is 55.5 Å². The fraction of sp³-hybridized carbons (Fsp3) is 0.160. The molecule has 4 rings (SSSR count). The zero-order valence-electron chi connectivity index (χ0n) is 18.8. The van der Waals surface area contributed by atoms with Crippen LogP contribution in [0.1, 0.15) is 28.8 Å². The number of carbonyl (C=O) groups is 2. The van der Waals surface area contributed by atoms with Crippen molar-refractivity contribution in [2.75, 3.05) is 18.6 Å². The van der Waals surface area contributed by atoms with Gasteiger partial charge in [-0.2, -0.15) is 0 Å². The third kappa shape index (κ3) is 4.99. The number of amides is 1. The van der Waals surface area contributed by atoms with Crippen LogP contribution in [0.15, 0.2) is 71.7 Å². The lowest BCUT2D eigenvalue weighted by molar-refractivity contribution is -0.384. The minimum atomic E-state index is -0.526. The van der Waals surface area contributed by atoms with Gasteiger partial charge < -0.3 is 9.47 Å². The van der Waals surface area contributed by atoms with Crippen LogP contribution in [0.25, 0.3) is 0 Å². The van der Waals surface area contributed by atoms with Crippen LogP contribution in [-0.4, -0.2) is 36.4 Å². The molecule has 1 atom stereocenters. The number of ether oxygens (including phenoxy) is 2. The van der Waals surface area contributed by atoms with E-state index in [1.165, 1.54) is 30.2 Å². The summed E-state index contributed by atoms with van der Waals surface area (Å²) in [5.74, 6) is -0.647. The number of aliphatic imine (C=N–C) groups is 1. The number of nitro groups is 1. The minimum Gasteiger partial charge on any atom is -0.483 e. The Kier molecular flexibility index (Phi) is 6.79. The van der Waals surface area contributed by atoms with E-state index >= 15 is 0 Å². The second kappa shape index (κ2) is 9.94. The van der Waals surface area contributed by atoms with Crippen LogP contribution in [0, 0.1) is 10.1 Å². The Morgan fingerprint density at radius 3 is 2.43 bits per heavy atom. The predicted molar refractivity (Wildman–Crippen MR) is 131 cm³/mol. The zero-order valence-corrected chi connectivity index (χ0v) is 19.6. The molecular weight excluding hydrogens is 474 g/mol. The predicted octanol–water partition coefficient (Wildman–Crippen LogP) is 5.29. The summed E-state index contributed by atoms with van der Waals surface area (Å²) in [7, 11) is 1.32. The van der Waals surface area contributed by atoms with E-state index in [1.807, 2.05) is 0 Å². The van der Waals surface area contributed by atoms with Crippen molar-refractivity contribution in [3.8, 4) is 5.75 Å². The molecule has 35 heavy (non-hydrogen) atoms. The maximum absolute atomic E-state index is 13.6. The minimum absolute atomic E-state index is 0.0372. The Labute approximate surface area is 205 Å². The SMILES string of the molecule is COC(=O)C(C)c1ccc(N(C(=O)c2ccc(Cl)cc2)C2=Nc3cc([N+](=O)[O-])ccc3OC2)cc1. The highest BCUT2D eigenvalue weighted by molar-refractivity contribution is 6.31. The van der Waals surface area contributed by atoms with Crippen molar-refractivity contribution < 1.29 is 24.0 Å². The third-order valence-electron chi connectivity index (χ3n) is 5.52. The number of esters is 1. The van der Waals surface area contributed by atoms with Crippen LogP contribution in [0.5, 0.6) is 5.75 Å². The first-order valence-electron chi connectivity index (χ1n) is 10.5. The van der Waals surface area contributed by atoms with Gasteiger partial charge in [-0.15, -0.1) is 0 Å². The number of halogens is 1. The number of anilines is 1. The zero-order chi connectivity index (χ0) is 25.1. The number of methoxy groups -OCH3 is 1. The van der Waals surface area contributed by atoms with Gasteiger partial charge in [-0.1, -0.05) is 23.7 Å². The number of amidine groups is 1. The second-order valence-electron chi connectivity index (χ2n) is 7.71. The number of nitro benzene ring substituents is 1. The van der Waals surface area contributed by atoms with E-state index in [2.05, 4.69) is 4.99 Å². The molecule has 1 unspecified atom stereocenters. The number of nitrogens with zero attached hydrogens (tertiary/aromatic N) is 3. The monoisotopic (exact) mass is 493 g/mol. The van der Waals surface area contributed by atoms with Gasteiger partial charge >= 0.3 is 5.97 Å². The smallest absolute Gasteiger partial charge is 0.312 e. The maximum atomic E-state index is 13.6. The molecule has 0 spiro atoms. The number of non-ortho nitro benzene ring substituents is 1. The van der Waals surface area contributed by atoms with Crippen molar-refractivity contribution in [2.24, 2.45) is 4.99 Å². The summed E-state index contributed by atoms with van der Waals surface area (Å²) in [5, 5.41) is 11.7. The Balaban J connectivity index is 1.77. The highest BCUT2D eigenvalue weighted by Gasteiger charge is 2.28. The molecule has 0 aromatic heterocycles. The lowest BCUT2D eigenvalue weighted by atomic mass is 10.0. The van der Waals surface area contributed by atoms with Gasteiger partial charge in [0.1, 0.15) is 18.0 Å². The first-order valence-corrected chi connectivity index (χ1v) is 10.9. The van der Waals surface area contributed by atoms with E-state index in [9.17, 15) is 19.7 Å². The van der Waals surface area contributed by atoms with Gasteiger partial charge in [0, 0.05) is 22.7 Å². The lowest BCUT2D eigenvalue weighted by Crippen LogP contribution is -2.41. The Hall–Kier alpha value is -4.24. The summed E-state index contributed by atoms with van der Waals surface area (Å²) >= 11 is 5.98. The van der Waals surface area contributed by atoms with Gasteiger partial charge in [0.15, 0.2) is 5.84 Å². The molecule has 0 saturated carbocycles. The van der Waals surface area contributed by atoms with Gasteiger partial charge in [0.25, 0.3) is 11.6 Å². The molecule has 0 radical (unpaired) electrons. The van der Waals surface area contributed by atoms with E-state index in [0.717, 1.165) is 0 Å². The molecule has 0 saturated heterocycles. The van der Waals surface area contributed by atoms with E-state index in [4.69, 9.17) is 21.1 Å². The number of fused-ring (bicyclic) bond motifs is 1. The van der Waals surface area contributed by atoms with E-state index in [-0.39, 0.29) is 29.8 Å². The van der Waals surface area contributed by atoms with E-state index < -0.39 is 16.7 Å². The summed E-state index contributed by atoms with van der Waals surface area (Å²) in [5.41, 5.74) is 1.64. The topological polar surface area (TPSA) is 111 Å². The van der Waals surface area contributed by atoms with Crippen LogP contribution < -0.4 is 9.64 Å². The fourth-order valence-corrected chi connectivity index (χ4v) is 3.71. The normalized spacial score (nSPS) is 13.1. The van der Waals surface area contributed by atoms with Crippen molar-refractivity contribution in [1.29, 1.82) is 0 Å². The van der Waals surface area contributed by atoms with Gasteiger partial charge in [-0.25, -0.2) is 4.99 Å². The molecular formula is C25H20ClN3O6. The largest absolute Gasteiger partial charge is 0.483 e. The summed E-state index contributed by atoms with van der Waals surface area (Å²) in [6, 6.07) is 17.3. The van der Waals surface area contributed by atoms with Crippen LogP contribution in [0.2, 0.25) is 5.02 Å². The third-order valence-corrected chi connectivity index (χ3v) is 5.77. The molecule has 1 aliphatic rings. The maximum Gasteiger partial charge on any atom is 0.312 e. The first kappa shape index (κ1) is 23.9. The van der Waals surface area contributed by atoms with Crippen LogP contribution in [-0.2, 0) is 9.53 Å². The molecule has 0 fully saturated rings. The highest BCUT2D eigenvalue weighted by atomic mass is 35.5. The highest BCUT2D eigenvalue weighted by Crippen LogP contribution is 2.35. The molecule has 9 nitrogen and oxygen atoms in total. The summed E-state index contributed by atoms with van der Waals surface area (Å²) in [4.78, 5) is 42.1. The van der Waals surface area contributed by atoms with Gasteiger partial charge in [0.2, 0.25) is 0 Å². The molecule has 0 N–H and O–H groups in total. The number of carbonyl (C=O) groups excluding carboxylic acids is 2. The summed E-state index contributed by atoms with van der Waals surface area (Å²) in [6.45, 7) is 1.69. The Morgan fingerprint density at radius 1 is 1.11 bits per heavy atom. The van der Waals surface area contributed by atoms with Crippen molar-refractivity contribution in [2.45, 2.75) is 12.8 Å². The molecule has 0 aliphatic carbocycles. The molecule has 10 heteroatoms. The molecule has 178 valence electrons. The summed E-state index contributed by atoms with van der Waals surface area (Å²) in [6.07, 6.45) is 0. The number of hydrogen-bond acceptors (Lipinski definition) is 7. The molecule has 3 aromatic carbocycles. The lowest BCUT2D eigenvalue weighted by Gasteiger charge is -2.27. The average molecular weight is 494 g/mol. The van der Waals surface area contributed by atoms with Gasteiger partial charge in [0.05, 0.1) is 23.6 Å². The first-order chi connectivity index (χ1) is 16.8. The fourth-order valence-electron chi connectivity index (χ4n) is 3.59. The summed E-state index contributed by atoms with van der Waals surface area (Å²) < 4.78 is 10.6. The van der Waals surface area contributed by atoms with Crippen molar-refractivity contribution in [1.82, 2.24) is 0 Å². The standard InChI is InChI=1S/C25H20ClN3O6/c1-15(25(31)34-2)16-5-9-19(10-6-16)28(24(30)17-3-7-18(26)8-4-17)23-14-35-22-12-11-20(29(32)33)13-21(22)27-23/h3-13,15H,14H2,1-2H3. The second-order valence-corrected chi connectivity index (χ2v) is 8.15.